The largest absolute Gasteiger partial charge is 0.460 e. The van der Waals surface area contributed by atoms with Crippen LogP contribution in [0.2, 0.25) is 0 Å². The normalized spacial score (nSPS) is 9.70. The van der Waals surface area contributed by atoms with Crippen LogP contribution in [-0.2, 0) is 16.1 Å². The lowest BCUT2D eigenvalue weighted by atomic mass is 10.1. The Hall–Kier alpha value is -2.30. The molecular weight excluding hydrogens is 256 g/mol. The Morgan fingerprint density at radius 1 is 1.25 bits per heavy atom. The summed E-state index contributed by atoms with van der Waals surface area (Å²) in [5.41, 5.74) is 2.54. The number of ether oxygens (including phenoxy) is 1. The number of carbonyl (C=O) groups excluding carboxylic acids is 2. The molecule has 5 heteroatoms. The van der Waals surface area contributed by atoms with E-state index in [2.05, 4.69) is 17.2 Å². The van der Waals surface area contributed by atoms with E-state index in [0.717, 1.165) is 11.1 Å². The second-order valence-electron chi connectivity index (χ2n) is 4.45. The standard InChI is InChI=1S/C15H20N2O3/c1-11(2)14(18)20-9-8-16-15(19)17-10-13-7-5-4-6-12(13)3/h4-7H,1,8-10H2,2-3H3,(H2,16,17,19). The van der Waals surface area contributed by atoms with Gasteiger partial charge in [0.25, 0.3) is 0 Å². The molecule has 0 aliphatic carbocycles. The van der Waals surface area contributed by atoms with Crippen LogP contribution in [0.25, 0.3) is 0 Å². The molecule has 0 spiro atoms. The van der Waals surface area contributed by atoms with E-state index in [9.17, 15) is 9.59 Å². The Balaban J connectivity index is 2.20. The fourth-order valence-electron chi connectivity index (χ4n) is 1.48. The van der Waals surface area contributed by atoms with Crippen LogP contribution in [-0.4, -0.2) is 25.2 Å². The summed E-state index contributed by atoms with van der Waals surface area (Å²) in [4.78, 5) is 22.6. The highest BCUT2D eigenvalue weighted by atomic mass is 16.5. The highest BCUT2D eigenvalue weighted by Gasteiger charge is 2.04. The third-order valence-electron chi connectivity index (χ3n) is 2.67. The topological polar surface area (TPSA) is 67.4 Å². The van der Waals surface area contributed by atoms with Crippen LogP contribution in [0.4, 0.5) is 4.79 Å². The third kappa shape index (κ3) is 5.56. The zero-order chi connectivity index (χ0) is 15.0. The van der Waals surface area contributed by atoms with Gasteiger partial charge in [0.2, 0.25) is 0 Å². The Kier molecular flexibility index (Phi) is 6.29. The van der Waals surface area contributed by atoms with Crippen LogP contribution in [0.1, 0.15) is 18.1 Å². The summed E-state index contributed by atoms with van der Waals surface area (Å²) in [6.07, 6.45) is 0. The van der Waals surface area contributed by atoms with E-state index in [4.69, 9.17) is 4.74 Å². The smallest absolute Gasteiger partial charge is 0.333 e. The van der Waals surface area contributed by atoms with Crippen molar-refractivity contribution in [1.82, 2.24) is 10.6 Å². The molecule has 0 aliphatic heterocycles. The van der Waals surface area contributed by atoms with Crippen LogP contribution in [0.15, 0.2) is 36.4 Å². The number of benzene rings is 1. The van der Waals surface area contributed by atoms with Crippen LogP contribution < -0.4 is 10.6 Å². The summed E-state index contributed by atoms with van der Waals surface area (Å²) in [6, 6.07) is 7.55. The maximum absolute atomic E-state index is 11.5. The van der Waals surface area contributed by atoms with E-state index in [1.54, 1.807) is 6.92 Å². The van der Waals surface area contributed by atoms with Crippen LogP contribution >= 0.6 is 0 Å². The molecule has 0 aliphatic rings. The first-order valence-corrected chi connectivity index (χ1v) is 6.39. The molecule has 0 unspecified atom stereocenters. The zero-order valence-corrected chi connectivity index (χ0v) is 11.9. The predicted octanol–water partition coefficient (Wildman–Crippen LogP) is 1.91. The van der Waals surface area contributed by atoms with Crippen molar-refractivity contribution < 1.29 is 14.3 Å². The van der Waals surface area contributed by atoms with Crippen molar-refractivity contribution >= 4 is 12.0 Å². The molecule has 0 saturated carbocycles. The van der Waals surface area contributed by atoms with Crippen molar-refractivity contribution in [3.63, 3.8) is 0 Å². The average Bonchev–Trinajstić information content (AvgIpc) is 2.42. The number of rotatable bonds is 6. The molecule has 2 amide bonds. The molecule has 2 N–H and O–H groups in total. The first-order valence-electron chi connectivity index (χ1n) is 6.39. The molecule has 0 saturated heterocycles. The monoisotopic (exact) mass is 276 g/mol. The van der Waals surface area contributed by atoms with Gasteiger partial charge in [0.05, 0.1) is 6.54 Å². The number of esters is 1. The van der Waals surface area contributed by atoms with Gasteiger partial charge in [0.1, 0.15) is 6.61 Å². The van der Waals surface area contributed by atoms with E-state index in [-0.39, 0.29) is 19.2 Å². The maximum atomic E-state index is 11.5. The zero-order valence-electron chi connectivity index (χ0n) is 11.9. The second-order valence-corrected chi connectivity index (χ2v) is 4.45. The molecule has 0 fully saturated rings. The van der Waals surface area contributed by atoms with Gasteiger partial charge in [-0.1, -0.05) is 30.8 Å². The summed E-state index contributed by atoms with van der Waals surface area (Å²) < 4.78 is 4.85. The Morgan fingerprint density at radius 3 is 2.60 bits per heavy atom. The average molecular weight is 276 g/mol. The first kappa shape index (κ1) is 15.8. The van der Waals surface area contributed by atoms with Crippen LogP contribution in [0.5, 0.6) is 0 Å². The van der Waals surface area contributed by atoms with Gasteiger partial charge in [-0.2, -0.15) is 0 Å². The van der Waals surface area contributed by atoms with E-state index < -0.39 is 5.97 Å². The lowest BCUT2D eigenvalue weighted by Gasteiger charge is -2.09. The van der Waals surface area contributed by atoms with E-state index in [1.165, 1.54) is 0 Å². The number of hydrogen-bond acceptors (Lipinski definition) is 3. The highest BCUT2D eigenvalue weighted by Crippen LogP contribution is 2.05. The maximum Gasteiger partial charge on any atom is 0.333 e. The van der Waals surface area contributed by atoms with Crippen LogP contribution in [0.3, 0.4) is 0 Å². The van der Waals surface area contributed by atoms with Crippen molar-refractivity contribution in [3.8, 4) is 0 Å². The molecule has 1 aromatic carbocycles. The van der Waals surface area contributed by atoms with Gasteiger partial charge in [0.15, 0.2) is 0 Å². The van der Waals surface area contributed by atoms with E-state index >= 15 is 0 Å². The number of aryl methyl sites for hydroxylation is 1. The minimum atomic E-state index is -0.452. The second kappa shape index (κ2) is 7.99. The summed E-state index contributed by atoms with van der Waals surface area (Å²) >= 11 is 0. The van der Waals surface area contributed by atoms with Gasteiger partial charge in [-0.3, -0.25) is 0 Å². The third-order valence-corrected chi connectivity index (χ3v) is 2.67. The molecule has 20 heavy (non-hydrogen) atoms. The molecule has 108 valence electrons. The van der Waals surface area contributed by atoms with Gasteiger partial charge in [-0.05, 0) is 25.0 Å². The molecular formula is C15H20N2O3. The minimum Gasteiger partial charge on any atom is -0.460 e. The van der Waals surface area contributed by atoms with Gasteiger partial charge < -0.3 is 15.4 Å². The minimum absolute atomic E-state index is 0.128. The number of amides is 2. The van der Waals surface area contributed by atoms with Gasteiger partial charge in [-0.25, -0.2) is 9.59 Å². The Morgan fingerprint density at radius 2 is 1.95 bits per heavy atom. The molecule has 1 rings (SSSR count). The number of carbonyl (C=O) groups is 2. The Labute approximate surface area is 119 Å². The van der Waals surface area contributed by atoms with Crippen molar-refractivity contribution in [1.29, 1.82) is 0 Å². The molecule has 0 heterocycles. The van der Waals surface area contributed by atoms with Gasteiger partial charge in [-0.15, -0.1) is 0 Å². The number of urea groups is 1. The van der Waals surface area contributed by atoms with Gasteiger partial charge in [0, 0.05) is 12.1 Å². The van der Waals surface area contributed by atoms with Crippen LogP contribution in [0, 0.1) is 6.92 Å². The predicted molar refractivity (Wildman–Crippen MR) is 77.2 cm³/mol. The summed E-state index contributed by atoms with van der Waals surface area (Å²) in [6.45, 7) is 7.89. The summed E-state index contributed by atoms with van der Waals surface area (Å²) in [5.74, 6) is -0.452. The van der Waals surface area contributed by atoms with Gasteiger partial charge >= 0.3 is 12.0 Å². The Bertz CT molecular complexity index is 498. The van der Waals surface area contributed by atoms with Crippen molar-refractivity contribution in [2.24, 2.45) is 0 Å². The van der Waals surface area contributed by atoms with E-state index in [1.807, 2.05) is 31.2 Å². The lowest BCUT2D eigenvalue weighted by molar-refractivity contribution is -0.138. The quantitative estimate of drug-likeness (QED) is 0.474. The van der Waals surface area contributed by atoms with Crippen molar-refractivity contribution in [3.05, 3.63) is 47.5 Å². The number of hydrogen-bond donors (Lipinski definition) is 2. The highest BCUT2D eigenvalue weighted by molar-refractivity contribution is 5.86. The summed E-state index contributed by atoms with van der Waals surface area (Å²) in [5, 5.41) is 5.35. The van der Waals surface area contributed by atoms with Crippen molar-refractivity contribution in [2.45, 2.75) is 20.4 Å². The number of nitrogens with one attached hydrogen (secondary N) is 2. The summed E-state index contributed by atoms with van der Waals surface area (Å²) in [7, 11) is 0. The fourth-order valence-corrected chi connectivity index (χ4v) is 1.48. The molecule has 5 nitrogen and oxygen atoms in total. The molecule has 0 radical (unpaired) electrons. The fraction of sp³-hybridized carbons (Fsp3) is 0.333. The lowest BCUT2D eigenvalue weighted by Crippen LogP contribution is -2.37. The molecule has 0 bridgehead atoms. The molecule has 0 aromatic heterocycles. The van der Waals surface area contributed by atoms with Crippen molar-refractivity contribution in [2.75, 3.05) is 13.2 Å². The van der Waals surface area contributed by atoms with E-state index in [0.29, 0.717) is 12.1 Å². The molecule has 1 aromatic rings. The molecule has 0 atom stereocenters. The first-order chi connectivity index (χ1) is 9.50. The SMILES string of the molecule is C=C(C)C(=O)OCCNC(=O)NCc1ccccc1C.